The zero-order valence-corrected chi connectivity index (χ0v) is 14.2. The van der Waals surface area contributed by atoms with E-state index in [1.54, 1.807) is 44.4 Å². The maximum Gasteiger partial charge on any atom is 0.416 e. The molecule has 2 aromatic carbocycles. The highest BCUT2D eigenvalue weighted by Gasteiger charge is 2.29. The number of hydrogen-bond acceptors (Lipinski definition) is 2. The lowest BCUT2D eigenvalue weighted by Crippen LogP contribution is -2.21. The molecular formula is C19H17F3N2O2. The molecule has 0 spiro atoms. The van der Waals surface area contributed by atoms with Crippen LogP contribution in [0.3, 0.4) is 0 Å². The molecule has 136 valence electrons. The third kappa shape index (κ3) is 5.20. The summed E-state index contributed by atoms with van der Waals surface area (Å²) >= 11 is 0. The lowest BCUT2D eigenvalue weighted by atomic mass is 10.1. The Morgan fingerprint density at radius 2 is 1.54 bits per heavy atom. The predicted octanol–water partition coefficient (Wildman–Crippen LogP) is 4.06. The Bertz CT molecular complexity index is 808. The molecule has 0 bridgehead atoms. The highest BCUT2D eigenvalue weighted by molar-refractivity contribution is 6.02. The normalized spacial score (nSPS) is 11.4. The molecule has 4 nitrogen and oxygen atoms in total. The van der Waals surface area contributed by atoms with Gasteiger partial charge in [0.25, 0.3) is 5.91 Å². The molecule has 0 atom stereocenters. The molecular weight excluding hydrogens is 345 g/mol. The summed E-state index contributed by atoms with van der Waals surface area (Å²) < 4.78 is 37.5. The van der Waals surface area contributed by atoms with E-state index in [0.717, 1.165) is 12.1 Å². The minimum atomic E-state index is -4.41. The van der Waals surface area contributed by atoms with Gasteiger partial charge in [-0.25, -0.2) is 0 Å². The molecule has 1 N–H and O–H groups in total. The highest BCUT2D eigenvalue weighted by Crippen LogP contribution is 2.29. The van der Waals surface area contributed by atoms with Crippen molar-refractivity contribution in [2.24, 2.45) is 0 Å². The number of nitrogens with one attached hydrogen (secondary N) is 1. The molecule has 2 aromatic rings. The van der Waals surface area contributed by atoms with Crippen molar-refractivity contribution in [3.63, 3.8) is 0 Å². The van der Waals surface area contributed by atoms with Gasteiger partial charge in [-0.05, 0) is 48.0 Å². The average Bonchev–Trinajstić information content (AvgIpc) is 2.59. The lowest BCUT2D eigenvalue weighted by Gasteiger charge is -2.09. The van der Waals surface area contributed by atoms with Crippen LogP contribution in [0.15, 0.2) is 54.6 Å². The minimum Gasteiger partial charge on any atom is -0.345 e. The summed E-state index contributed by atoms with van der Waals surface area (Å²) in [7, 11) is 3.31. The standard InChI is InChI=1S/C19H17F3N2O2/c1-24(2)18(26)14-6-3-13(4-7-14)5-12-17(25)23-16-10-8-15(9-11-16)19(20,21)22/h3-12H,1-2H3,(H,23,25)/b12-5+. The molecule has 0 aliphatic rings. The second-order valence-corrected chi connectivity index (χ2v) is 5.72. The number of rotatable bonds is 4. The van der Waals surface area contributed by atoms with Crippen LogP contribution in [-0.2, 0) is 11.0 Å². The van der Waals surface area contributed by atoms with Crippen LogP contribution in [0.2, 0.25) is 0 Å². The Morgan fingerprint density at radius 3 is 2.04 bits per heavy atom. The molecule has 0 unspecified atom stereocenters. The van der Waals surface area contributed by atoms with E-state index in [0.29, 0.717) is 11.1 Å². The number of carbonyl (C=O) groups excluding carboxylic acids is 2. The van der Waals surface area contributed by atoms with Crippen LogP contribution in [0.1, 0.15) is 21.5 Å². The van der Waals surface area contributed by atoms with Crippen molar-refractivity contribution in [2.75, 3.05) is 19.4 Å². The number of amides is 2. The van der Waals surface area contributed by atoms with Crippen molar-refractivity contribution in [3.05, 3.63) is 71.3 Å². The fourth-order valence-electron chi connectivity index (χ4n) is 2.09. The summed E-state index contributed by atoms with van der Waals surface area (Å²) in [6, 6.07) is 10.9. The first-order valence-corrected chi connectivity index (χ1v) is 7.65. The van der Waals surface area contributed by atoms with E-state index >= 15 is 0 Å². The third-order valence-electron chi connectivity index (χ3n) is 3.47. The Labute approximate surface area is 148 Å². The largest absolute Gasteiger partial charge is 0.416 e. The van der Waals surface area contributed by atoms with Gasteiger partial charge in [-0.15, -0.1) is 0 Å². The zero-order valence-electron chi connectivity index (χ0n) is 14.2. The van der Waals surface area contributed by atoms with Gasteiger partial charge in [-0.3, -0.25) is 9.59 Å². The van der Waals surface area contributed by atoms with E-state index in [-0.39, 0.29) is 11.6 Å². The van der Waals surface area contributed by atoms with Gasteiger partial charge in [-0.1, -0.05) is 12.1 Å². The van der Waals surface area contributed by atoms with E-state index < -0.39 is 17.6 Å². The summed E-state index contributed by atoms with van der Waals surface area (Å²) in [6.45, 7) is 0. The monoisotopic (exact) mass is 362 g/mol. The zero-order chi connectivity index (χ0) is 19.3. The van der Waals surface area contributed by atoms with Crippen LogP contribution in [-0.4, -0.2) is 30.8 Å². The molecule has 0 aliphatic carbocycles. The molecule has 26 heavy (non-hydrogen) atoms. The Morgan fingerprint density at radius 1 is 0.962 bits per heavy atom. The van der Waals surface area contributed by atoms with E-state index in [1.807, 2.05) is 0 Å². The predicted molar refractivity (Wildman–Crippen MR) is 93.6 cm³/mol. The van der Waals surface area contributed by atoms with Gasteiger partial charge in [0.1, 0.15) is 0 Å². The van der Waals surface area contributed by atoms with Gasteiger partial charge in [0.2, 0.25) is 5.91 Å². The summed E-state index contributed by atoms with van der Waals surface area (Å²) in [4.78, 5) is 25.1. The first-order chi connectivity index (χ1) is 12.2. The van der Waals surface area contributed by atoms with Crippen LogP contribution in [0.5, 0.6) is 0 Å². The molecule has 2 amide bonds. The number of nitrogens with zero attached hydrogens (tertiary/aromatic N) is 1. The van der Waals surface area contributed by atoms with E-state index in [2.05, 4.69) is 5.32 Å². The number of benzene rings is 2. The van der Waals surface area contributed by atoms with Gasteiger partial charge in [0, 0.05) is 31.4 Å². The maximum atomic E-state index is 12.5. The first-order valence-electron chi connectivity index (χ1n) is 7.65. The number of alkyl halides is 3. The van der Waals surface area contributed by atoms with Gasteiger partial charge in [0.15, 0.2) is 0 Å². The smallest absolute Gasteiger partial charge is 0.345 e. The first kappa shape index (κ1) is 19.2. The van der Waals surface area contributed by atoms with Crippen LogP contribution in [0.4, 0.5) is 18.9 Å². The lowest BCUT2D eigenvalue weighted by molar-refractivity contribution is -0.137. The quantitative estimate of drug-likeness (QED) is 0.834. The molecule has 0 aliphatic heterocycles. The Kier molecular flexibility index (Phi) is 5.82. The third-order valence-corrected chi connectivity index (χ3v) is 3.47. The molecule has 0 saturated carbocycles. The molecule has 0 heterocycles. The van der Waals surface area contributed by atoms with Crippen molar-refractivity contribution in [2.45, 2.75) is 6.18 Å². The van der Waals surface area contributed by atoms with Crippen LogP contribution in [0, 0.1) is 0 Å². The minimum absolute atomic E-state index is 0.124. The van der Waals surface area contributed by atoms with E-state index in [1.165, 1.54) is 23.1 Å². The second-order valence-electron chi connectivity index (χ2n) is 5.72. The summed E-state index contributed by atoms with van der Waals surface area (Å²) in [5.74, 6) is -0.598. The summed E-state index contributed by atoms with van der Waals surface area (Å²) in [5.41, 5.74) is 0.724. The molecule has 0 radical (unpaired) electrons. The van der Waals surface area contributed by atoms with Crippen molar-refractivity contribution >= 4 is 23.6 Å². The topological polar surface area (TPSA) is 49.4 Å². The molecule has 7 heteroatoms. The summed E-state index contributed by atoms with van der Waals surface area (Å²) in [5, 5.41) is 2.48. The fraction of sp³-hybridized carbons (Fsp3) is 0.158. The Balaban J connectivity index is 1.98. The van der Waals surface area contributed by atoms with E-state index in [9.17, 15) is 22.8 Å². The van der Waals surface area contributed by atoms with Crippen molar-refractivity contribution in [1.82, 2.24) is 4.90 Å². The Hall–Kier alpha value is -3.09. The molecule has 0 fully saturated rings. The number of anilines is 1. The van der Waals surface area contributed by atoms with Crippen molar-refractivity contribution in [1.29, 1.82) is 0 Å². The summed E-state index contributed by atoms with van der Waals surface area (Å²) in [6.07, 6.45) is -1.60. The molecule has 0 aromatic heterocycles. The van der Waals surface area contributed by atoms with Crippen molar-refractivity contribution in [3.8, 4) is 0 Å². The molecule has 0 saturated heterocycles. The van der Waals surface area contributed by atoms with Gasteiger partial charge < -0.3 is 10.2 Å². The van der Waals surface area contributed by atoms with Crippen molar-refractivity contribution < 1.29 is 22.8 Å². The number of hydrogen-bond donors (Lipinski definition) is 1. The average molecular weight is 362 g/mol. The van der Waals surface area contributed by atoms with Crippen LogP contribution in [0.25, 0.3) is 6.08 Å². The van der Waals surface area contributed by atoms with Crippen LogP contribution >= 0.6 is 0 Å². The van der Waals surface area contributed by atoms with Crippen LogP contribution < -0.4 is 5.32 Å². The van der Waals surface area contributed by atoms with Gasteiger partial charge in [-0.2, -0.15) is 13.2 Å². The highest BCUT2D eigenvalue weighted by atomic mass is 19.4. The van der Waals surface area contributed by atoms with E-state index in [4.69, 9.17) is 0 Å². The second kappa shape index (κ2) is 7.86. The van der Waals surface area contributed by atoms with Gasteiger partial charge in [0.05, 0.1) is 5.56 Å². The number of halogens is 3. The molecule has 2 rings (SSSR count). The number of carbonyl (C=O) groups is 2. The fourth-order valence-corrected chi connectivity index (χ4v) is 2.09. The maximum absolute atomic E-state index is 12.5. The SMILES string of the molecule is CN(C)C(=O)c1ccc(/C=C/C(=O)Nc2ccc(C(F)(F)F)cc2)cc1. The van der Waals surface area contributed by atoms with Gasteiger partial charge >= 0.3 is 6.18 Å².